The van der Waals surface area contributed by atoms with Gasteiger partial charge in [-0.05, 0) is 19.1 Å². The quantitative estimate of drug-likeness (QED) is 0.551. The van der Waals surface area contributed by atoms with E-state index < -0.39 is 67.7 Å². The van der Waals surface area contributed by atoms with Crippen LogP contribution in [0.3, 0.4) is 0 Å². The third-order valence-corrected chi connectivity index (χ3v) is 6.42. The first kappa shape index (κ1) is 21.5. The molecule has 0 bridgehead atoms. The van der Waals surface area contributed by atoms with Crippen molar-refractivity contribution in [3.63, 3.8) is 0 Å². The molecule has 1 aliphatic heterocycles. The zero-order valence-electron chi connectivity index (χ0n) is 15.6. The number of aliphatic imine (C=N–C) groups is 1. The van der Waals surface area contributed by atoms with E-state index in [1.807, 2.05) is 5.32 Å². The van der Waals surface area contributed by atoms with Crippen LogP contribution in [0.5, 0.6) is 0 Å². The number of sulfonamides is 1. The van der Waals surface area contributed by atoms with Crippen molar-refractivity contribution in [1.29, 1.82) is 0 Å². The van der Waals surface area contributed by atoms with Gasteiger partial charge < -0.3 is 11.1 Å². The van der Waals surface area contributed by atoms with E-state index in [0.717, 1.165) is 32.3 Å². The SMILES string of the molecule is CN1C(N)=N[C@](C)(c2c(F)c(F)cc(NC(=O)c3ccc(F)cn3)c2F)CS1(=O)=O. The van der Waals surface area contributed by atoms with Gasteiger partial charge in [-0.3, -0.25) is 4.79 Å². The van der Waals surface area contributed by atoms with Crippen molar-refractivity contribution in [3.8, 4) is 0 Å². The van der Waals surface area contributed by atoms with Crippen molar-refractivity contribution < 1.29 is 30.8 Å². The predicted molar refractivity (Wildman–Crippen MR) is 99.0 cm³/mol. The maximum atomic E-state index is 15.1. The van der Waals surface area contributed by atoms with Crippen LogP contribution >= 0.6 is 0 Å². The van der Waals surface area contributed by atoms with E-state index in [-0.39, 0.29) is 5.69 Å². The lowest BCUT2D eigenvalue weighted by atomic mass is 9.92. The number of nitrogens with one attached hydrogen (secondary N) is 1. The highest BCUT2D eigenvalue weighted by Gasteiger charge is 2.44. The molecule has 30 heavy (non-hydrogen) atoms. The van der Waals surface area contributed by atoms with Crippen LogP contribution < -0.4 is 11.1 Å². The maximum absolute atomic E-state index is 15.1. The summed E-state index contributed by atoms with van der Waals surface area (Å²) in [5.74, 6) is -7.88. The fraction of sp³-hybridized carbons (Fsp3) is 0.235. The monoisotopic (exact) mass is 445 g/mol. The summed E-state index contributed by atoms with van der Waals surface area (Å²) in [6, 6.07) is 2.31. The van der Waals surface area contributed by atoms with E-state index in [1.165, 1.54) is 0 Å². The summed E-state index contributed by atoms with van der Waals surface area (Å²) in [5.41, 5.74) is 1.32. The molecule has 160 valence electrons. The molecule has 3 rings (SSSR count). The number of guanidine groups is 1. The molecule has 1 aliphatic rings. The van der Waals surface area contributed by atoms with Gasteiger partial charge in [0.15, 0.2) is 17.5 Å². The summed E-state index contributed by atoms with van der Waals surface area (Å²) in [6.45, 7) is 1.07. The molecule has 0 unspecified atom stereocenters. The molecule has 1 amide bonds. The van der Waals surface area contributed by atoms with E-state index >= 15 is 4.39 Å². The molecule has 0 saturated carbocycles. The first-order valence-electron chi connectivity index (χ1n) is 8.28. The topological polar surface area (TPSA) is 118 Å². The number of benzene rings is 1. The molecule has 0 saturated heterocycles. The number of hydrogen-bond acceptors (Lipinski definition) is 6. The average molecular weight is 445 g/mol. The Hall–Kier alpha value is -3.22. The average Bonchev–Trinajstić information content (AvgIpc) is 2.64. The Morgan fingerprint density at radius 3 is 2.47 bits per heavy atom. The van der Waals surface area contributed by atoms with Gasteiger partial charge in [0.05, 0.1) is 23.2 Å². The van der Waals surface area contributed by atoms with Gasteiger partial charge in [0.1, 0.15) is 17.1 Å². The highest BCUT2D eigenvalue weighted by Crippen LogP contribution is 2.38. The van der Waals surface area contributed by atoms with Crippen molar-refractivity contribution in [2.45, 2.75) is 12.5 Å². The molecule has 1 aromatic heterocycles. The number of amides is 1. The van der Waals surface area contributed by atoms with Crippen LogP contribution in [-0.2, 0) is 15.6 Å². The van der Waals surface area contributed by atoms with Crippen LogP contribution in [-0.4, -0.2) is 42.4 Å². The van der Waals surface area contributed by atoms with E-state index in [2.05, 4.69) is 9.98 Å². The molecule has 1 aromatic carbocycles. The van der Waals surface area contributed by atoms with Crippen LogP contribution in [0.2, 0.25) is 0 Å². The number of nitrogens with two attached hydrogens (primary N) is 1. The van der Waals surface area contributed by atoms with E-state index in [4.69, 9.17) is 5.73 Å². The fourth-order valence-electron chi connectivity index (χ4n) is 2.94. The fourth-order valence-corrected chi connectivity index (χ4v) is 4.38. The lowest BCUT2D eigenvalue weighted by molar-refractivity contribution is 0.102. The van der Waals surface area contributed by atoms with Gasteiger partial charge in [0, 0.05) is 13.1 Å². The number of nitrogens with zero attached hydrogens (tertiary/aromatic N) is 3. The van der Waals surface area contributed by atoms with Gasteiger partial charge in [-0.15, -0.1) is 0 Å². The normalized spacial score (nSPS) is 20.6. The van der Waals surface area contributed by atoms with Crippen molar-refractivity contribution in [3.05, 3.63) is 58.9 Å². The largest absolute Gasteiger partial charge is 0.369 e. The van der Waals surface area contributed by atoms with Gasteiger partial charge in [-0.25, -0.2) is 40.3 Å². The zero-order chi connectivity index (χ0) is 22.4. The van der Waals surface area contributed by atoms with Crippen LogP contribution in [0.15, 0.2) is 29.4 Å². The van der Waals surface area contributed by atoms with Crippen molar-refractivity contribution in [2.75, 3.05) is 18.1 Å². The van der Waals surface area contributed by atoms with Crippen LogP contribution in [0.25, 0.3) is 0 Å². The maximum Gasteiger partial charge on any atom is 0.274 e. The van der Waals surface area contributed by atoms with E-state index in [0.29, 0.717) is 10.4 Å². The third kappa shape index (κ3) is 3.67. The van der Waals surface area contributed by atoms with Crippen molar-refractivity contribution in [1.82, 2.24) is 9.29 Å². The first-order chi connectivity index (χ1) is 13.9. The van der Waals surface area contributed by atoms with Crippen LogP contribution in [0.4, 0.5) is 23.2 Å². The number of pyridine rings is 1. The third-order valence-electron chi connectivity index (χ3n) is 4.47. The second-order valence-corrected chi connectivity index (χ2v) is 8.69. The molecule has 8 nitrogen and oxygen atoms in total. The molecule has 0 fully saturated rings. The molecule has 0 aliphatic carbocycles. The minimum Gasteiger partial charge on any atom is -0.369 e. The summed E-state index contributed by atoms with van der Waals surface area (Å²) >= 11 is 0. The molecular weight excluding hydrogens is 430 g/mol. The second kappa shape index (κ2) is 7.23. The zero-order valence-corrected chi connectivity index (χ0v) is 16.4. The minimum atomic E-state index is -4.11. The number of rotatable bonds is 3. The Bertz CT molecular complexity index is 1170. The Morgan fingerprint density at radius 2 is 1.90 bits per heavy atom. The number of aromatic nitrogens is 1. The van der Waals surface area contributed by atoms with Crippen molar-refractivity contribution >= 4 is 27.6 Å². The molecule has 2 heterocycles. The highest BCUT2D eigenvalue weighted by atomic mass is 32.2. The smallest absolute Gasteiger partial charge is 0.274 e. The van der Waals surface area contributed by atoms with Crippen LogP contribution in [0, 0.1) is 23.3 Å². The molecule has 13 heteroatoms. The van der Waals surface area contributed by atoms with Crippen molar-refractivity contribution in [2.24, 2.45) is 10.7 Å². The summed E-state index contributed by atoms with van der Waals surface area (Å²) < 4.78 is 82.0. The summed E-state index contributed by atoms with van der Waals surface area (Å²) in [4.78, 5) is 19.6. The molecule has 0 spiro atoms. The Balaban J connectivity index is 2.10. The van der Waals surface area contributed by atoms with Gasteiger partial charge in [0.2, 0.25) is 16.0 Å². The van der Waals surface area contributed by atoms with Gasteiger partial charge >= 0.3 is 0 Å². The molecule has 2 aromatic rings. The highest BCUT2D eigenvalue weighted by molar-refractivity contribution is 7.89. The van der Waals surface area contributed by atoms with E-state index in [9.17, 15) is 26.4 Å². The second-order valence-electron chi connectivity index (χ2n) is 6.69. The minimum absolute atomic E-state index is 0.322. The molecular formula is C17H15F4N5O3S. The first-order valence-corrected chi connectivity index (χ1v) is 9.89. The predicted octanol–water partition coefficient (Wildman–Crippen LogP) is 1.70. The number of anilines is 1. The Labute approximate surface area is 168 Å². The summed E-state index contributed by atoms with van der Waals surface area (Å²) in [6.07, 6.45) is 0.740. The molecule has 3 N–H and O–H groups in total. The number of carbonyl (C=O) groups excluding carboxylic acids is 1. The summed E-state index contributed by atoms with van der Waals surface area (Å²) in [5, 5.41) is 2.01. The number of carbonyl (C=O) groups is 1. The van der Waals surface area contributed by atoms with E-state index in [1.54, 1.807) is 0 Å². The molecule has 0 radical (unpaired) electrons. The Kier molecular flexibility index (Phi) is 5.18. The molecule has 1 atom stereocenters. The Morgan fingerprint density at radius 1 is 1.23 bits per heavy atom. The van der Waals surface area contributed by atoms with Gasteiger partial charge in [-0.1, -0.05) is 0 Å². The summed E-state index contributed by atoms with van der Waals surface area (Å²) in [7, 11) is -3.00. The standard InChI is InChI=1S/C17H15F4N5O3S/c1-17(7-30(28,29)26(2)16(22)25-17)12-13(20)9(19)5-11(14(12)21)24-15(27)10-4-3-8(18)6-23-10/h3-6H,7H2,1-2H3,(H2,22,25)(H,24,27)/t17-/m0/s1. The lowest BCUT2D eigenvalue weighted by Gasteiger charge is -2.35. The number of halogens is 4. The number of hydrogen-bond donors (Lipinski definition) is 2. The van der Waals surface area contributed by atoms with Gasteiger partial charge in [-0.2, -0.15) is 0 Å². The lowest BCUT2D eigenvalue weighted by Crippen LogP contribution is -2.50. The van der Waals surface area contributed by atoms with Gasteiger partial charge in [0.25, 0.3) is 5.91 Å². The van der Waals surface area contributed by atoms with Crippen LogP contribution in [0.1, 0.15) is 23.0 Å².